The highest BCUT2D eigenvalue weighted by Gasteiger charge is 2.21. The molecule has 0 aliphatic carbocycles. The first-order chi connectivity index (χ1) is 10.9. The van der Waals surface area contributed by atoms with Gasteiger partial charge in [-0.25, -0.2) is 0 Å². The van der Waals surface area contributed by atoms with E-state index in [0.29, 0.717) is 0 Å². The van der Waals surface area contributed by atoms with Crippen LogP contribution in [0.4, 0.5) is 0 Å². The van der Waals surface area contributed by atoms with Crippen molar-refractivity contribution in [2.24, 2.45) is 0 Å². The van der Waals surface area contributed by atoms with Gasteiger partial charge in [0, 0.05) is 5.02 Å². The van der Waals surface area contributed by atoms with E-state index in [1.54, 1.807) is 6.07 Å². The first-order valence-electron chi connectivity index (χ1n) is 6.45. The number of benzene rings is 3. The van der Waals surface area contributed by atoms with E-state index < -0.39 is 10.1 Å². The molecular formula is C16H9Cl3O3S. The number of hydrogen-bond donors (Lipinski definition) is 0. The number of rotatable bonds is 3. The zero-order valence-electron chi connectivity index (χ0n) is 11.5. The molecule has 0 aliphatic heterocycles. The second-order valence-corrected chi connectivity index (χ2v) is 7.54. The molecule has 0 atom stereocenters. The normalized spacial score (nSPS) is 11.6. The van der Waals surface area contributed by atoms with Crippen molar-refractivity contribution in [3.05, 3.63) is 69.7 Å². The molecule has 0 bridgehead atoms. The minimum absolute atomic E-state index is 0.0123. The third-order valence-electron chi connectivity index (χ3n) is 3.17. The van der Waals surface area contributed by atoms with Crippen molar-refractivity contribution < 1.29 is 12.6 Å². The van der Waals surface area contributed by atoms with E-state index in [4.69, 9.17) is 39.0 Å². The highest BCUT2D eigenvalue weighted by molar-refractivity contribution is 7.87. The second kappa shape index (κ2) is 6.21. The molecule has 0 N–H and O–H groups in total. The van der Waals surface area contributed by atoms with Gasteiger partial charge in [0.05, 0.1) is 10.0 Å². The Morgan fingerprint density at radius 2 is 1.39 bits per heavy atom. The Balaban J connectivity index is 2.04. The molecule has 3 aromatic carbocycles. The number of hydrogen-bond acceptors (Lipinski definition) is 3. The van der Waals surface area contributed by atoms with Gasteiger partial charge in [-0.1, -0.05) is 65.1 Å². The van der Waals surface area contributed by atoms with E-state index in [-0.39, 0.29) is 25.7 Å². The van der Waals surface area contributed by atoms with Crippen molar-refractivity contribution in [2.45, 2.75) is 4.90 Å². The molecule has 0 heterocycles. The average molecular weight is 388 g/mol. The topological polar surface area (TPSA) is 43.4 Å². The van der Waals surface area contributed by atoms with Crippen LogP contribution in [0.3, 0.4) is 0 Å². The highest BCUT2D eigenvalue weighted by Crippen LogP contribution is 2.37. The lowest BCUT2D eigenvalue weighted by molar-refractivity contribution is 0.486. The van der Waals surface area contributed by atoms with E-state index in [2.05, 4.69) is 0 Å². The summed E-state index contributed by atoms with van der Waals surface area (Å²) in [5.41, 5.74) is 0. The van der Waals surface area contributed by atoms with Crippen molar-refractivity contribution in [3.63, 3.8) is 0 Å². The molecule has 0 aromatic heterocycles. The van der Waals surface area contributed by atoms with Crippen LogP contribution in [0.25, 0.3) is 10.8 Å². The highest BCUT2D eigenvalue weighted by atomic mass is 35.5. The molecule has 23 heavy (non-hydrogen) atoms. The fourth-order valence-corrected chi connectivity index (χ4v) is 4.08. The summed E-state index contributed by atoms with van der Waals surface area (Å²) >= 11 is 17.7. The zero-order valence-corrected chi connectivity index (χ0v) is 14.5. The molecule has 0 saturated carbocycles. The monoisotopic (exact) mass is 386 g/mol. The van der Waals surface area contributed by atoms with Gasteiger partial charge in [0.15, 0.2) is 5.75 Å². The third-order valence-corrected chi connectivity index (χ3v) is 5.16. The minimum atomic E-state index is -4.07. The molecule has 0 saturated heterocycles. The maximum atomic E-state index is 12.5. The van der Waals surface area contributed by atoms with E-state index in [1.807, 2.05) is 24.3 Å². The van der Waals surface area contributed by atoms with Crippen LogP contribution in [0.2, 0.25) is 15.1 Å². The molecule has 3 nitrogen and oxygen atoms in total. The van der Waals surface area contributed by atoms with Crippen LogP contribution in [0.1, 0.15) is 0 Å². The van der Waals surface area contributed by atoms with Gasteiger partial charge in [-0.15, -0.1) is 0 Å². The molecule has 0 radical (unpaired) electrons. The van der Waals surface area contributed by atoms with Crippen LogP contribution in [0.5, 0.6) is 5.75 Å². The fourth-order valence-electron chi connectivity index (χ4n) is 2.09. The summed E-state index contributed by atoms with van der Waals surface area (Å²) in [5, 5.41) is 2.04. The van der Waals surface area contributed by atoms with Crippen LogP contribution in [-0.2, 0) is 10.1 Å². The van der Waals surface area contributed by atoms with Crippen molar-refractivity contribution in [2.75, 3.05) is 0 Å². The summed E-state index contributed by atoms with van der Waals surface area (Å²) in [6.45, 7) is 0. The lowest BCUT2D eigenvalue weighted by Crippen LogP contribution is -2.10. The molecule has 118 valence electrons. The summed E-state index contributed by atoms with van der Waals surface area (Å²) in [6, 6.07) is 14.8. The van der Waals surface area contributed by atoms with Crippen LogP contribution < -0.4 is 4.18 Å². The smallest absolute Gasteiger partial charge is 0.339 e. The van der Waals surface area contributed by atoms with Gasteiger partial charge in [-0.2, -0.15) is 8.42 Å². The second-order valence-electron chi connectivity index (χ2n) is 4.74. The van der Waals surface area contributed by atoms with Gasteiger partial charge in [-0.3, -0.25) is 0 Å². The van der Waals surface area contributed by atoms with Crippen LogP contribution in [0, 0.1) is 0 Å². The Morgan fingerprint density at radius 1 is 0.783 bits per heavy atom. The number of halogens is 3. The molecule has 7 heteroatoms. The Morgan fingerprint density at radius 3 is 2.04 bits per heavy atom. The summed E-state index contributed by atoms with van der Waals surface area (Å²) in [5.74, 6) is -0.147. The van der Waals surface area contributed by atoms with Gasteiger partial charge in [0.1, 0.15) is 4.90 Å². The lowest BCUT2D eigenvalue weighted by Gasteiger charge is -2.11. The SMILES string of the molecule is O=S(=O)(Oc1c(Cl)cc(Cl)cc1Cl)c1ccc2ccccc2c1. The average Bonchev–Trinajstić information content (AvgIpc) is 2.50. The Bertz CT molecular complexity index is 977. The third kappa shape index (κ3) is 3.40. The predicted molar refractivity (Wildman–Crippen MR) is 93.2 cm³/mol. The summed E-state index contributed by atoms with van der Waals surface area (Å²) in [6.07, 6.45) is 0. The molecule has 0 amide bonds. The quantitative estimate of drug-likeness (QED) is 0.552. The molecule has 0 spiro atoms. The van der Waals surface area contributed by atoms with Gasteiger partial charge in [-0.05, 0) is 35.0 Å². The van der Waals surface area contributed by atoms with Gasteiger partial charge in [0.2, 0.25) is 0 Å². The maximum Gasteiger partial charge on any atom is 0.339 e. The summed E-state index contributed by atoms with van der Waals surface area (Å²) < 4.78 is 30.0. The van der Waals surface area contributed by atoms with Crippen molar-refractivity contribution in [1.29, 1.82) is 0 Å². The maximum absolute atomic E-state index is 12.5. The van der Waals surface area contributed by atoms with Crippen molar-refractivity contribution >= 4 is 55.7 Å². The molecule has 0 unspecified atom stereocenters. The zero-order chi connectivity index (χ0) is 16.6. The van der Waals surface area contributed by atoms with E-state index in [9.17, 15) is 8.42 Å². The van der Waals surface area contributed by atoms with E-state index >= 15 is 0 Å². The first-order valence-corrected chi connectivity index (χ1v) is 8.99. The molecule has 3 aromatic rings. The molecule has 0 aliphatic rings. The van der Waals surface area contributed by atoms with Crippen LogP contribution in [-0.4, -0.2) is 8.42 Å². The van der Waals surface area contributed by atoms with Crippen molar-refractivity contribution in [3.8, 4) is 5.75 Å². The van der Waals surface area contributed by atoms with Gasteiger partial charge < -0.3 is 4.18 Å². The minimum Gasteiger partial charge on any atom is -0.376 e. The van der Waals surface area contributed by atoms with Gasteiger partial charge >= 0.3 is 10.1 Å². The largest absolute Gasteiger partial charge is 0.376 e. The Hall–Kier alpha value is -1.46. The standard InChI is InChI=1S/C16H9Cl3O3S/c17-12-8-14(18)16(15(19)9-12)22-23(20,21)13-6-5-10-3-1-2-4-11(10)7-13/h1-9H. The van der Waals surface area contributed by atoms with Crippen LogP contribution >= 0.6 is 34.8 Å². The van der Waals surface area contributed by atoms with E-state index in [1.165, 1.54) is 24.3 Å². The fraction of sp³-hybridized carbons (Fsp3) is 0. The predicted octanol–water partition coefficient (Wildman–Crippen LogP) is 5.57. The Kier molecular flexibility index (Phi) is 4.43. The molecule has 3 rings (SSSR count). The number of fused-ring (bicyclic) bond motifs is 1. The van der Waals surface area contributed by atoms with Gasteiger partial charge in [0.25, 0.3) is 0 Å². The Labute approximate surface area is 148 Å². The van der Waals surface area contributed by atoms with Crippen molar-refractivity contribution in [1.82, 2.24) is 0 Å². The van der Waals surface area contributed by atoms with Crippen LogP contribution in [0.15, 0.2) is 59.5 Å². The summed E-state index contributed by atoms with van der Waals surface area (Å²) in [7, 11) is -4.07. The van der Waals surface area contributed by atoms with E-state index in [0.717, 1.165) is 10.8 Å². The molecule has 0 fully saturated rings. The summed E-state index contributed by atoms with van der Waals surface area (Å²) in [4.78, 5) is 0.0123. The first kappa shape index (κ1) is 16.4. The lowest BCUT2D eigenvalue weighted by atomic mass is 10.1. The molecular weight excluding hydrogens is 379 g/mol.